The summed E-state index contributed by atoms with van der Waals surface area (Å²) in [5.74, 6) is -3.24. The Hall–Kier alpha value is -3.46. The number of alkyl halides is 3. The Kier molecular flexibility index (Phi) is 6.07. The Morgan fingerprint density at radius 2 is 1.68 bits per heavy atom. The molecule has 1 aliphatic heterocycles. The maximum Gasteiger partial charge on any atom is 0.416 e. The molecule has 4 nitrogen and oxygen atoms in total. The zero-order chi connectivity index (χ0) is 24.8. The number of aliphatic hydroxyl groups excluding tert-OH is 1. The quantitative estimate of drug-likeness (QED) is 0.180. The molecule has 0 bridgehead atoms. The minimum atomic E-state index is -4.68. The Labute approximate surface area is 200 Å². The summed E-state index contributed by atoms with van der Waals surface area (Å²) in [6.07, 6.45) is -4.68. The molecule has 9 heteroatoms. The van der Waals surface area contributed by atoms with Gasteiger partial charge in [0.05, 0.1) is 17.2 Å². The Bertz CT molecular complexity index is 1330. The molecule has 1 unspecified atom stereocenters. The van der Waals surface area contributed by atoms with Gasteiger partial charge < -0.3 is 5.11 Å². The standard InChI is InChI=1S/C25H16BrF4NO3/c1-13-11-15(7-10-19(13)26)22(32)20-21(14-5-8-17(27)9-6-14)31(24(34)23(20)33)18-4-2-3-16(12-18)25(28,29)30/h2-12,21,32H,1H3/b22-20+. The summed E-state index contributed by atoms with van der Waals surface area (Å²) in [6.45, 7) is 1.76. The number of aryl methyl sites for hydroxylation is 1. The van der Waals surface area contributed by atoms with Crippen LogP contribution in [0.2, 0.25) is 0 Å². The van der Waals surface area contributed by atoms with Crippen molar-refractivity contribution in [3.8, 4) is 0 Å². The highest BCUT2D eigenvalue weighted by atomic mass is 79.9. The van der Waals surface area contributed by atoms with Crippen molar-refractivity contribution in [1.82, 2.24) is 0 Å². The topological polar surface area (TPSA) is 57.6 Å². The summed E-state index contributed by atoms with van der Waals surface area (Å²) in [6, 6.07) is 12.3. The Morgan fingerprint density at radius 3 is 2.29 bits per heavy atom. The molecule has 1 atom stereocenters. The van der Waals surface area contributed by atoms with Crippen LogP contribution in [0.5, 0.6) is 0 Å². The smallest absolute Gasteiger partial charge is 0.416 e. The molecule has 0 saturated carbocycles. The van der Waals surface area contributed by atoms with E-state index in [1.54, 1.807) is 19.1 Å². The Balaban J connectivity index is 1.95. The number of hydrogen-bond donors (Lipinski definition) is 1. The maximum absolute atomic E-state index is 13.6. The molecule has 4 rings (SSSR count). The van der Waals surface area contributed by atoms with Gasteiger partial charge in [-0.2, -0.15) is 13.2 Å². The van der Waals surface area contributed by atoms with Crippen molar-refractivity contribution in [2.75, 3.05) is 4.90 Å². The van der Waals surface area contributed by atoms with Gasteiger partial charge in [0.1, 0.15) is 11.6 Å². The van der Waals surface area contributed by atoms with Crippen LogP contribution in [0.1, 0.15) is 28.3 Å². The molecule has 1 N–H and O–H groups in total. The molecule has 3 aromatic carbocycles. The minimum Gasteiger partial charge on any atom is -0.507 e. The fourth-order valence-corrected chi connectivity index (χ4v) is 4.09. The SMILES string of the molecule is Cc1cc(/C(O)=C2\C(=O)C(=O)N(c3cccc(C(F)(F)F)c3)C2c2ccc(F)cc2)ccc1Br. The highest BCUT2D eigenvalue weighted by Gasteiger charge is 2.47. The molecular weight excluding hydrogens is 518 g/mol. The van der Waals surface area contributed by atoms with Crippen molar-refractivity contribution in [3.05, 3.63) is 105 Å². The molecule has 1 heterocycles. The molecule has 1 amide bonds. The van der Waals surface area contributed by atoms with E-state index in [-0.39, 0.29) is 22.4 Å². The number of Topliss-reactive ketones (excluding diaryl/α,β-unsaturated/α-hetero) is 1. The lowest BCUT2D eigenvalue weighted by Crippen LogP contribution is -2.29. The van der Waals surface area contributed by atoms with Gasteiger partial charge in [-0.25, -0.2) is 4.39 Å². The predicted octanol–water partition coefficient (Wildman–Crippen LogP) is 6.54. The molecular formula is C25H16BrF4NO3. The maximum atomic E-state index is 13.6. The van der Waals surface area contributed by atoms with E-state index in [1.807, 2.05) is 0 Å². The zero-order valence-corrected chi connectivity index (χ0v) is 19.1. The number of benzene rings is 3. The van der Waals surface area contributed by atoms with Gasteiger partial charge in [-0.15, -0.1) is 0 Å². The van der Waals surface area contributed by atoms with Crippen LogP contribution >= 0.6 is 15.9 Å². The summed E-state index contributed by atoms with van der Waals surface area (Å²) in [7, 11) is 0. The number of rotatable bonds is 3. The van der Waals surface area contributed by atoms with Gasteiger partial charge in [-0.3, -0.25) is 14.5 Å². The van der Waals surface area contributed by atoms with Gasteiger partial charge in [-0.1, -0.05) is 40.2 Å². The number of carbonyl (C=O) groups is 2. The lowest BCUT2D eigenvalue weighted by Gasteiger charge is -2.26. The van der Waals surface area contributed by atoms with Crippen LogP contribution < -0.4 is 4.90 Å². The van der Waals surface area contributed by atoms with Crippen LogP contribution in [0.15, 0.2) is 76.8 Å². The largest absolute Gasteiger partial charge is 0.507 e. The summed E-state index contributed by atoms with van der Waals surface area (Å²) in [5, 5.41) is 11.1. The number of aliphatic hydroxyl groups is 1. The van der Waals surface area contributed by atoms with Crippen molar-refractivity contribution in [2.24, 2.45) is 0 Å². The van der Waals surface area contributed by atoms with Crippen molar-refractivity contribution >= 4 is 39.1 Å². The number of hydrogen-bond acceptors (Lipinski definition) is 3. The van der Waals surface area contributed by atoms with Crippen LogP contribution in [0.25, 0.3) is 5.76 Å². The first-order valence-corrected chi connectivity index (χ1v) is 10.8. The molecule has 1 saturated heterocycles. The average molecular weight is 534 g/mol. The average Bonchev–Trinajstić information content (AvgIpc) is 3.06. The molecule has 1 aliphatic rings. The fraction of sp³-hybridized carbons (Fsp3) is 0.120. The third kappa shape index (κ3) is 4.23. The monoisotopic (exact) mass is 533 g/mol. The van der Waals surface area contributed by atoms with Crippen LogP contribution in [0.4, 0.5) is 23.2 Å². The summed E-state index contributed by atoms with van der Waals surface area (Å²) in [5.41, 5.74) is -0.265. The summed E-state index contributed by atoms with van der Waals surface area (Å²) < 4.78 is 54.3. The van der Waals surface area contributed by atoms with Crippen LogP contribution in [0.3, 0.4) is 0 Å². The molecule has 0 radical (unpaired) electrons. The number of ketones is 1. The van der Waals surface area contributed by atoms with Gasteiger partial charge in [0.25, 0.3) is 11.7 Å². The van der Waals surface area contributed by atoms with Gasteiger partial charge in [0.2, 0.25) is 0 Å². The third-order valence-electron chi connectivity index (χ3n) is 5.51. The fourth-order valence-electron chi connectivity index (χ4n) is 3.84. The number of nitrogens with zero attached hydrogens (tertiary/aromatic N) is 1. The van der Waals surface area contributed by atoms with Crippen molar-refractivity contribution in [1.29, 1.82) is 0 Å². The number of anilines is 1. The van der Waals surface area contributed by atoms with E-state index in [0.717, 1.165) is 45.3 Å². The van der Waals surface area contributed by atoms with E-state index >= 15 is 0 Å². The minimum absolute atomic E-state index is 0.183. The van der Waals surface area contributed by atoms with Crippen molar-refractivity contribution in [2.45, 2.75) is 19.1 Å². The lowest BCUT2D eigenvalue weighted by atomic mass is 9.94. The Morgan fingerprint density at radius 1 is 1.00 bits per heavy atom. The zero-order valence-electron chi connectivity index (χ0n) is 17.5. The van der Waals surface area contributed by atoms with E-state index in [2.05, 4.69) is 15.9 Å². The first-order valence-electron chi connectivity index (χ1n) is 9.99. The van der Waals surface area contributed by atoms with Crippen molar-refractivity contribution in [3.63, 3.8) is 0 Å². The first-order chi connectivity index (χ1) is 16.0. The third-order valence-corrected chi connectivity index (χ3v) is 6.40. The molecule has 34 heavy (non-hydrogen) atoms. The van der Waals surface area contributed by atoms with E-state index in [0.29, 0.717) is 0 Å². The second-order valence-corrected chi connectivity index (χ2v) is 8.59. The number of amides is 1. The second kappa shape index (κ2) is 8.72. The van der Waals surface area contributed by atoms with Crippen LogP contribution in [-0.2, 0) is 15.8 Å². The molecule has 174 valence electrons. The van der Waals surface area contributed by atoms with Crippen LogP contribution in [0, 0.1) is 12.7 Å². The van der Waals surface area contributed by atoms with E-state index < -0.39 is 41.0 Å². The van der Waals surface area contributed by atoms with Gasteiger partial charge in [0, 0.05) is 15.7 Å². The molecule has 0 spiro atoms. The highest BCUT2D eigenvalue weighted by Crippen LogP contribution is 2.43. The summed E-state index contributed by atoms with van der Waals surface area (Å²) in [4.78, 5) is 27.0. The highest BCUT2D eigenvalue weighted by molar-refractivity contribution is 9.10. The number of halogens is 5. The number of carbonyl (C=O) groups excluding carboxylic acids is 2. The van der Waals surface area contributed by atoms with Crippen LogP contribution in [-0.4, -0.2) is 16.8 Å². The second-order valence-electron chi connectivity index (χ2n) is 7.73. The van der Waals surface area contributed by atoms with Gasteiger partial charge in [0.15, 0.2) is 0 Å². The normalized spacial score (nSPS) is 17.9. The molecule has 0 aliphatic carbocycles. The molecule has 1 fully saturated rings. The predicted molar refractivity (Wildman–Crippen MR) is 122 cm³/mol. The molecule has 3 aromatic rings. The lowest BCUT2D eigenvalue weighted by molar-refractivity contribution is -0.137. The molecule has 0 aromatic heterocycles. The van der Waals surface area contributed by atoms with E-state index in [1.165, 1.54) is 24.3 Å². The van der Waals surface area contributed by atoms with E-state index in [9.17, 15) is 32.3 Å². The van der Waals surface area contributed by atoms with Crippen molar-refractivity contribution < 1.29 is 32.3 Å². The van der Waals surface area contributed by atoms with E-state index in [4.69, 9.17) is 0 Å². The van der Waals surface area contributed by atoms with Gasteiger partial charge in [-0.05, 0) is 60.5 Å². The first kappa shape index (κ1) is 23.7. The summed E-state index contributed by atoms with van der Waals surface area (Å²) >= 11 is 3.35. The van der Waals surface area contributed by atoms with Gasteiger partial charge >= 0.3 is 6.18 Å².